The standard InChI is InChI=1S/C11H9ClO3/c1-2-14-11(13)9-6-15-10-4-3-7(12)5-8(9)10/h3-6H,2H2,1H3. The molecular weight excluding hydrogens is 216 g/mol. The molecule has 78 valence electrons. The molecule has 2 rings (SSSR count). The van der Waals surface area contributed by atoms with Gasteiger partial charge in [-0.2, -0.15) is 0 Å². The minimum atomic E-state index is -0.390. The maximum atomic E-state index is 11.5. The minimum Gasteiger partial charge on any atom is -0.463 e. The Morgan fingerprint density at radius 1 is 1.53 bits per heavy atom. The second kappa shape index (κ2) is 3.95. The number of carbonyl (C=O) groups is 1. The number of benzene rings is 1. The number of rotatable bonds is 2. The summed E-state index contributed by atoms with van der Waals surface area (Å²) >= 11 is 5.84. The lowest BCUT2D eigenvalue weighted by atomic mass is 10.2. The summed E-state index contributed by atoms with van der Waals surface area (Å²) in [7, 11) is 0. The Labute approximate surface area is 91.6 Å². The molecule has 0 bridgehead atoms. The quantitative estimate of drug-likeness (QED) is 0.735. The van der Waals surface area contributed by atoms with E-state index in [0.29, 0.717) is 28.2 Å². The first-order valence-electron chi connectivity index (χ1n) is 4.56. The molecular formula is C11H9ClO3. The smallest absolute Gasteiger partial charge is 0.342 e. The molecule has 1 heterocycles. The predicted molar refractivity (Wildman–Crippen MR) is 57.2 cm³/mol. The van der Waals surface area contributed by atoms with Crippen molar-refractivity contribution in [1.82, 2.24) is 0 Å². The zero-order valence-corrected chi connectivity index (χ0v) is 8.88. The van der Waals surface area contributed by atoms with E-state index in [0.717, 1.165) is 0 Å². The molecule has 0 aliphatic carbocycles. The third-order valence-corrected chi connectivity index (χ3v) is 2.27. The summed E-state index contributed by atoms with van der Waals surface area (Å²) in [5, 5.41) is 1.25. The number of hydrogen-bond donors (Lipinski definition) is 0. The van der Waals surface area contributed by atoms with Crippen molar-refractivity contribution in [3.05, 3.63) is 35.0 Å². The molecule has 0 fully saturated rings. The highest BCUT2D eigenvalue weighted by atomic mass is 35.5. The monoisotopic (exact) mass is 224 g/mol. The van der Waals surface area contributed by atoms with Crippen LogP contribution >= 0.6 is 11.6 Å². The van der Waals surface area contributed by atoms with Crippen LogP contribution in [-0.2, 0) is 4.74 Å². The Hall–Kier alpha value is -1.48. The number of ether oxygens (including phenoxy) is 1. The van der Waals surface area contributed by atoms with Gasteiger partial charge in [-0.1, -0.05) is 11.6 Å². The lowest BCUT2D eigenvalue weighted by molar-refractivity contribution is 0.0527. The molecule has 1 aromatic carbocycles. The van der Waals surface area contributed by atoms with Gasteiger partial charge in [0.15, 0.2) is 0 Å². The summed E-state index contributed by atoms with van der Waals surface area (Å²) < 4.78 is 10.1. The fraction of sp³-hybridized carbons (Fsp3) is 0.182. The average Bonchev–Trinajstić information content (AvgIpc) is 2.60. The molecule has 2 aromatic rings. The average molecular weight is 225 g/mol. The lowest BCUT2D eigenvalue weighted by Gasteiger charge is -1.98. The molecule has 0 unspecified atom stereocenters. The summed E-state index contributed by atoms with van der Waals surface area (Å²) in [6, 6.07) is 5.12. The van der Waals surface area contributed by atoms with Crippen LogP contribution in [-0.4, -0.2) is 12.6 Å². The van der Waals surface area contributed by atoms with E-state index in [2.05, 4.69) is 0 Å². The first kappa shape index (κ1) is 10.1. The van der Waals surface area contributed by atoms with E-state index < -0.39 is 5.97 Å². The second-order valence-corrected chi connectivity index (χ2v) is 3.45. The minimum absolute atomic E-state index is 0.339. The Bertz CT molecular complexity index is 502. The van der Waals surface area contributed by atoms with Crippen molar-refractivity contribution in [2.45, 2.75) is 6.92 Å². The van der Waals surface area contributed by atoms with Crippen molar-refractivity contribution >= 4 is 28.5 Å². The Morgan fingerprint density at radius 2 is 2.33 bits per heavy atom. The number of carbonyl (C=O) groups excluding carboxylic acids is 1. The topological polar surface area (TPSA) is 39.4 Å². The normalized spacial score (nSPS) is 10.5. The summed E-state index contributed by atoms with van der Waals surface area (Å²) in [5.74, 6) is -0.390. The number of furan rings is 1. The third kappa shape index (κ3) is 1.83. The van der Waals surface area contributed by atoms with Gasteiger partial charge < -0.3 is 9.15 Å². The van der Waals surface area contributed by atoms with Crippen LogP contribution in [0.1, 0.15) is 17.3 Å². The molecule has 3 nitrogen and oxygen atoms in total. The van der Waals surface area contributed by atoms with Crippen molar-refractivity contribution in [3.63, 3.8) is 0 Å². The molecule has 15 heavy (non-hydrogen) atoms. The van der Waals surface area contributed by atoms with E-state index in [-0.39, 0.29) is 0 Å². The molecule has 0 N–H and O–H groups in total. The Kier molecular flexibility index (Phi) is 2.64. The fourth-order valence-electron chi connectivity index (χ4n) is 1.37. The van der Waals surface area contributed by atoms with Gasteiger partial charge in [0.25, 0.3) is 0 Å². The maximum Gasteiger partial charge on any atom is 0.342 e. The van der Waals surface area contributed by atoms with Gasteiger partial charge in [-0.3, -0.25) is 0 Å². The number of hydrogen-bond acceptors (Lipinski definition) is 3. The zero-order chi connectivity index (χ0) is 10.8. The van der Waals surface area contributed by atoms with Gasteiger partial charge in [-0.25, -0.2) is 4.79 Å². The molecule has 0 aliphatic rings. The van der Waals surface area contributed by atoms with Crippen LogP contribution in [0.25, 0.3) is 11.0 Å². The highest BCUT2D eigenvalue weighted by Gasteiger charge is 2.14. The lowest BCUT2D eigenvalue weighted by Crippen LogP contribution is -2.03. The molecule has 0 amide bonds. The molecule has 0 radical (unpaired) electrons. The van der Waals surface area contributed by atoms with Crippen LogP contribution in [0.5, 0.6) is 0 Å². The molecule has 0 saturated carbocycles. The maximum absolute atomic E-state index is 11.5. The van der Waals surface area contributed by atoms with Crippen molar-refractivity contribution in [2.75, 3.05) is 6.61 Å². The molecule has 0 atom stereocenters. The van der Waals surface area contributed by atoms with Crippen LogP contribution in [0, 0.1) is 0 Å². The van der Waals surface area contributed by atoms with Gasteiger partial charge in [0.1, 0.15) is 17.4 Å². The third-order valence-electron chi connectivity index (χ3n) is 2.03. The van der Waals surface area contributed by atoms with Crippen molar-refractivity contribution in [2.24, 2.45) is 0 Å². The number of fused-ring (bicyclic) bond motifs is 1. The first-order valence-corrected chi connectivity index (χ1v) is 4.94. The number of esters is 1. The summed E-state index contributed by atoms with van der Waals surface area (Å²) in [6.45, 7) is 2.10. The van der Waals surface area contributed by atoms with E-state index in [1.807, 2.05) is 0 Å². The predicted octanol–water partition coefficient (Wildman–Crippen LogP) is 3.26. The van der Waals surface area contributed by atoms with Gasteiger partial charge in [0.2, 0.25) is 0 Å². The summed E-state index contributed by atoms with van der Waals surface area (Å²) in [6.07, 6.45) is 1.39. The SMILES string of the molecule is CCOC(=O)c1coc2ccc(Cl)cc12. The summed E-state index contributed by atoms with van der Waals surface area (Å²) in [5.41, 5.74) is 1.04. The van der Waals surface area contributed by atoms with E-state index in [9.17, 15) is 4.79 Å². The largest absolute Gasteiger partial charge is 0.463 e. The van der Waals surface area contributed by atoms with Crippen molar-refractivity contribution < 1.29 is 13.9 Å². The Morgan fingerprint density at radius 3 is 3.07 bits per heavy atom. The highest BCUT2D eigenvalue weighted by Crippen LogP contribution is 2.25. The van der Waals surface area contributed by atoms with Crippen LogP contribution in [0.15, 0.2) is 28.9 Å². The van der Waals surface area contributed by atoms with Gasteiger partial charge in [0.05, 0.1) is 6.61 Å². The van der Waals surface area contributed by atoms with Crippen molar-refractivity contribution in [1.29, 1.82) is 0 Å². The van der Waals surface area contributed by atoms with Crippen LogP contribution in [0.4, 0.5) is 0 Å². The van der Waals surface area contributed by atoms with E-state index in [1.54, 1.807) is 25.1 Å². The summed E-state index contributed by atoms with van der Waals surface area (Å²) in [4.78, 5) is 11.5. The zero-order valence-electron chi connectivity index (χ0n) is 8.12. The van der Waals surface area contributed by atoms with E-state index in [4.69, 9.17) is 20.8 Å². The van der Waals surface area contributed by atoms with E-state index >= 15 is 0 Å². The molecule has 4 heteroatoms. The van der Waals surface area contributed by atoms with Crippen molar-refractivity contribution in [3.8, 4) is 0 Å². The first-order chi connectivity index (χ1) is 7.22. The van der Waals surface area contributed by atoms with Crippen LogP contribution in [0.2, 0.25) is 5.02 Å². The highest BCUT2D eigenvalue weighted by molar-refractivity contribution is 6.31. The van der Waals surface area contributed by atoms with Crippen LogP contribution in [0.3, 0.4) is 0 Å². The number of halogens is 1. The van der Waals surface area contributed by atoms with Gasteiger partial charge in [-0.15, -0.1) is 0 Å². The Balaban J connectivity index is 2.52. The van der Waals surface area contributed by atoms with Gasteiger partial charge >= 0.3 is 5.97 Å². The molecule has 0 aliphatic heterocycles. The van der Waals surface area contributed by atoms with Crippen LogP contribution < -0.4 is 0 Å². The van der Waals surface area contributed by atoms with E-state index in [1.165, 1.54) is 6.26 Å². The van der Waals surface area contributed by atoms with Gasteiger partial charge in [0, 0.05) is 10.4 Å². The van der Waals surface area contributed by atoms with Gasteiger partial charge in [-0.05, 0) is 25.1 Å². The molecule has 0 spiro atoms. The fourth-order valence-corrected chi connectivity index (χ4v) is 1.54. The molecule has 0 saturated heterocycles. The second-order valence-electron chi connectivity index (χ2n) is 3.01. The molecule has 1 aromatic heterocycles.